The van der Waals surface area contributed by atoms with Crippen LogP contribution in [-0.2, 0) is 12.8 Å². The van der Waals surface area contributed by atoms with Crippen molar-refractivity contribution in [3.63, 3.8) is 0 Å². The average Bonchev–Trinajstić information content (AvgIpc) is 2.69. The van der Waals surface area contributed by atoms with Crippen molar-refractivity contribution < 1.29 is 0 Å². The molecule has 2 aromatic rings. The molecule has 0 aliphatic heterocycles. The third-order valence-electron chi connectivity index (χ3n) is 1.88. The molecule has 2 rings (SSSR count). The zero-order chi connectivity index (χ0) is 8.93. The Labute approximate surface area is 76.0 Å². The second-order valence-corrected chi connectivity index (χ2v) is 2.82. The molecule has 0 saturated heterocycles. The number of aromatic nitrogens is 4. The van der Waals surface area contributed by atoms with Gasteiger partial charge in [0.05, 0.1) is 11.9 Å². The van der Waals surface area contributed by atoms with E-state index in [9.17, 15) is 0 Å². The Balaban J connectivity index is 1.94. The molecule has 0 spiro atoms. The standard InChI is InChI=1S/C9H10N4/c1(2-9-7-11-13-12-9)8-3-5-10-6-4-8/h3-7H,1-2H2,(H,11,12,13). The van der Waals surface area contributed by atoms with E-state index in [-0.39, 0.29) is 0 Å². The second-order valence-electron chi connectivity index (χ2n) is 2.82. The molecule has 0 amide bonds. The molecule has 4 heteroatoms. The molecule has 1 N–H and O–H groups in total. The van der Waals surface area contributed by atoms with Gasteiger partial charge in [-0.05, 0) is 30.5 Å². The van der Waals surface area contributed by atoms with Crippen molar-refractivity contribution in [2.45, 2.75) is 12.8 Å². The topological polar surface area (TPSA) is 54.5 Å². The van der Waals surface area contributed by atoms with Crippen LogP contribution in [0.25, 0.3) is 0 Å². The molecule has 2 aromatic heterocycles. The maximum Gasteiger partial charge on any atom is 0.0828 e. The minimum Gasteiger partial charge on any atom is -0.265 e. The SMILES string of the molecule is c1cc(CCc2cn[nH]n2)ccn1. The predicted molar refractivity (Wildman–Crippen MR) is 48.0 cm³/mol. The molecule has 13 heavy (non-hydrogen) atoms. The van der Waals surface area contributed by atoms with Crippen molar-refractivity contribution in [1.29, 1.82) is 0 Å². The third-order valence-corrected chi connectivity index (χ3v) is 1.88. The van der Waals surface area contributed by atoms with Gasteiger partial charge in [0.1, 0.15) is 0 Å². The van der Waals surface area contributed by atoms with Crippen LogP contribution in [0.1, 0.15) is 11.3 Å². The number of pyridine rings is 1. The normalized spacial score (nSPS) is 10.2. The molecular weight excluding hydrogens is 164 g/mol. The van der Waals surface area contributed by atoms with Crippen LogP contribution >= 0.6 is 0 Å². The number of hydrogen-bond donors (Lipinski definition) is 1. The van der Waals surface area contributed by atoms with Gasteiger partial charge in [-0.15, -0.1) is 0 Å². The summed E-state index contributed by atoms with van der Waals surface area (Å²) in [6.45, 7) is 0. The molecule has 4 nitrogen and oxygen atoms in total. The van der Waals surface area contributed by atoms with E-state index < -0.39 is 0 Å². The van der Waals surface area contributed by atoms with Gasteiger partial charge in [0.25, 0.3) is 0 Å². The molecule has 0 bridgehead atoms. The summed E-state index contributed by atoms with van der Waals surface area (Å²) in [6, 6.07) is 4.03. The number of H-pyrrole nitrogens is 1. The van der Waals surface area contributed by atoms with E-state index in [1.54, 1.807) is 18.6 Å². The number of aromatic amines is 1. The summed E-state index contributed by atoms with van der Waals surface area (Å²) in [5.41, 5.74) is 2.27. The summed E-state index contributed by atoms with van der Waals surface area (Å²) >= 11 is 0. The summed E-state index contributed by atoms with van der Waals surface area (Å²) in [6.07, 6.45) is 7.26. The molecule has 0 unspecified atom stereocenters. The fourth-order valence-electron chi connectivity index (χ4n) is 1.17. The van der Waals surface area contributed by atoms with Crippen LogP contribution in [0.5, 0.6) is 0 Å². The maximum absolute atomic E-state index is 3.98. The van der Waals surface area contributed by atoms with E-state index in [1.165, 1.54) is 5.56 Å². The number of nitrogens with one attached hydrogen (secondary N) is 1. The third kappa shape index (κ3) is 2.11. The second kappa shape index (κ2) is 3.80. The molecule has 2 heterocycles. The highest BCUT2D eigenvalue weighted by atomic mass is 15.3. The highest BCUT2D eigenvalue weighted by molar-refractivity contribution is 5.11. The Hall–Kier alpha value is -1.71. The van der Waals surface area contributed by atoms with Gasteiger partial charge in [-0.2, -0.15) is 15.4 Å². The predicted octanol–water partition coefficient (Wildman–Crippen LogP) is 0.985. The van der Waals surface area contributed by atoms with Gasteiger partial charge in [0, 0.05) is 12.4 Å². The lowest BCUT2D eigenvalue weighted by molar-refractivity contribution is 0.870. The zero-order valence-electron chi connectivity index (χ0n) is 7.14. The fourth-order valence-corrected chi connectivity index (χ4v) is 1.17. The van der Waals surface area contributed by atoms with Gasteiger partial charge in [-0.1, -0.05) is 0 Å². The van der Waals surface area contributed by atoms with Crippen molar-refractivity contribution >= 4 is 0 Å². The van der Waals surface area contributed by atoms with E-state index in [0.29, 0.717) is 0 Å². The first-order valence-corrected chi connectivity index (χ1v) is 4.19. The minimum atomic E-state index is 0.917. The fraction of sp³-hybridized carbons (Fsp3) is 0.222. The molecule has 0 aromatic carbocycles. The Kier molecular flexibility index (Phi) is 2.31. The van der Waals surface area contributed by atoms with Gasteiger partial charge < -0.3 is 0 Å². The molecule has 0 saturated carbocycles. The monoisotopic (exact) mass is 174 g/mol. The first-order chi connectivity index (χ1) is 6.45. The number of hydrogen-bond acceptors (Lipinski definition) is 3. The first-order valence-electron chi connectivity index (χ1n) is 4.19. The Morgan fingerprint density at radius 1 is 1.15 bits per heavy atom. The maximum atomic E-state index is 3.98. The molecular formula is C9H10N4. The van der Waals surface area contributed by atoms with Crippen LogP contribution < -0.4 is 0 Å². The molecule has 66 valence electrons. The Bertz CT molecular complexity index is 341. The smallest absolute Gasteiger partial charge is 0.0828 e. The summed E-state index contributed by atoms with van der Waals surface area (Å²) in [7, 11) is 0. The first kappa shape index (κ1) is 7.91. The molecule has 0 aliphatic rings. The van der Waals surface area contributed by atoms with Crippen LogP contribution in [0, 0.1) is 0 Å². The molecule has 0 fully saturated rings. The molecule has 0 atom stereocenters. The van der Waals surface area contributed by atoms with Crippen molar-refractivity contribution in [3.8, 4) is 0 Å². The number of rotatable bonds is 3. The van der Waals surface area contributed by atoms with Gasteiger partial charge in [0.2, 0.25) is 0 Å². The van der Waals surface area contributed by atoms with Crippen molar-refractivity contribution in [3.05, 3.63) is 42.0 Å². The van der Waals surface area contributed by atoms with E-state index in [2.05, 4.69) is 20.4 Å². The largest absolute Gasteiger partial charge is 0.265 e. The zero-order valence-corrected chi connectivity index (χ0v) is 7.14. The number of aryl methyl sites for hydroxylation is 2. The Morgan fingerprint density at radius 3 is 2.69 bits per heavy atom. The summed E-state index contributed by atoms with van der Waals surface area (Å²) < 4.78 is 0. The quantitative estimate of drug-likeness (QED) is 0.754. The van der Waals surface area contributed by atoms with Crippen molar-refractivity contribution in [2.24, 2.45) is 0 Å². The van der Waals surface area contributed by atoms with Crippen molar-refractivity contribution in [1.82, 2.24) is 20.4 Å². The van der Waals surface area contributed by atoms with Crippen LogP contribution in [0.4, 0.5) is 0 Å². The van der Waals surface area contributed by atoms with Crippen LogP contribution in [0.3, 0.4) is 0 Å². The number of nitrogens with zero attached hydrogens (tertiary/aromatic N) is 3. The molecule has 0 radical (unpaired) electrons. The highest BCUT2D eigenvalue weighted by Crippen LogP contribution is 2.01. The van der Waals surface area contributed by atoms with Crippen LogP contribution in [0.15, 0.2) is 30.7 Å². The van der Waals surface area contributed by atoms with Gasteiger partial charge >= 0.3 is 0 Å². The average molecular weight is 174 g/mol. The lowest BCUT2D eigenvalue weighted by Gasteiger charge is -1.96. The lowest BCUT2D eigenvalue weighted by Crippen LogP contribution is -1.91. The van der Waals surface area contributed by atoms with Crippen molar-refractivity contribution in [2.75, 3.05) is 0 Å². The van der Waals surface area contributed by atoms with Crippen LogP contribution in [0.2, 0.25) is 0 Å². The van der Waals surface area contributed by atoms with E-state index in [4.69, 9.17) is 0 Å². The van der Waals surface area contributed by atoms with Gasteiger partial charge in [-0.25, -0.2) is 0 Å². The minimum absolute atomic E-state index is 0.917. The highest BCUT2D eigenvalue weighted by Gasteiger charge is 1.96. The summed E-state index contributed by atoms with van der Waals surface area (Å²) in [5, 5.41) is 10.3. The molecule has 0 aliphatic carbocycles. The van der Waals surface area contributed by atoms with Crippen LogP contribution in [-0.4, -0.2) is 20.4 Å². The Morgan fingerprint density at radius 2 is 2.00 bits per heavy atom. The van der Waals surface area contributed by atoms with Gasteiger partial charge in [-0.3, -0.25) is 4.98 Å². The van der Waals surface area contributed by atoms with Gasteiger partial charge in [0.15, 0.2) is 0 Å². The lowest BCUT2D eigenvalue weighted by atomic mass is 10.1. The van der Waals surface area contributed by atoms with E-state index in [0.717, 1.165) is 18.5 Å². The van der Waals surface area contributed by atoms with E-state index >= 15 is 0 Å². The summed E-state index contributed by atoms with van der Waals surface area (Å²) in [4.78, 5) is 3.96. The van der Waals surface area contributed by atoms with E-state index in [1.807, 2.05) is 12.1 Å². The summed E-state index contributed by atoms with van der Waals surface area (Å²) in [5.74, 6) is 0.